The van der Waals surface area contributed by atoms with Gasteiger partial charge in [0.1, 0.15) is 13.1 Å². The Morgan fingerprint density at radius 2 is 0.455 bits per heavy atom. The molecule has 66 heavy (non-hydrogen) atoms. The Bertz CT molecular complexity index is 1150. The second kappa shape index (κ2) is 47.7. The summed E-state index contributed by atoms with van der Waals surface area (Å²) >= 11 is 0. The predicted molar refractivity (Wildman–Crippen MR) is 300 cm³/mol. The molecule has 0 amide bonds. The fourth-order valence-corrected chi connectivity index (χ4v) is 8.49. The molecule has 2 rings (SSSR count). The topological polar surface area (TPSA) is 0 Å². The van der Waals surface area contributed by atoms with E-state index in [0.29, 0.717) is 0 Å². The van der Waals surface area contributed by atoms with Crippen LogP contribution in [0.25, 0.3) is 0 Å². The van der Waals surface area contributed by atoms with E-state index in [4.69, 9.17) is 80.8 Å². The quantitative estimate of drug-likeness (QED) is 0.0357. The molecule has 2 aromatic rings. The molecule has 0 aromatic heterocycles. The first-order chi connectivity index (χ1) is 31.3. The van der Waals surface area contributed by atoms with Gasteiger partial charge in [-0.25, -0.2) is 0 Å². The van der Waals surface area contributed by atoms with E-state index >= 15 is 0 Å². The van der Waals surface area contributed by atoms with E-state index in [1.54, 1.807) is 0 Å². The first kappa shape index (κ1) is 69.8. The van der Waals surface area contributed by atoms with E-state index in [-0.39, 0.29) is 0 Å². The molecule has 396 valence electrons. The molecule has 0 heterocycles. The molecular formula is C54H100Cl8Mn2N2. The van der Waals surface area contributed by atoms with Gasteiger partial charge >= 0.3 is 99.2 Å². The Balaban J connectivity index is 0. The molecule has 0 saturated heterocycles. The van der Waals surface area contributed by atoms with Crippen LogP contribution in [0.5, 0.6) is 0 Å². The molecule has 0 atom stereocenters. The number of rotatable bonds is 38. The molecule has 2 nitrogen and oxygen atoms in total. The summed E-state index contributed by atoms with van der Waals surface area (Å²) in [5, 5.41) is 0. The summed E-state index contributed by atoms with van der Waals surface area (Å²) in [4.78, 5) is 0. The Morgan fingerprint density at radius 1 is 0.288 bits per heavy atom. The maximum atomic E-state index is 4.97. The van der Waals surface area contributed by atoms with Crippen LogP contribution in [-0.4, -0.2) is 50.2 Å². The Labute approximate surface area is 449 Å². The van der Waals surface area contributed by atoms with Crippen LogP contribution in [-0.2, 0) is 31.5 Å². The number of nitrogens with zero attached hydrogens (tertiary/aromatic N) is 2. The molecule has 0 fully saturated rings. The van der Waals surface area contributed by atoms with Crippen LogP contribution in [0.15, 0.2) is 60.7 Å². The van der Waals surface area contributed by atoms with Crippen LogP contribution >= 0.6 is 80.8 Å². The molecule has 2 aromatic carbocycles. The summed E-state index contributed by atoms with van der Waals surface area (Å²) < 4.78 is 2.23. The zero-order valence-electron chi connectivity index (χ0n) is 42.9. The molecule has 0 radical (unpaired) electrons. The number of quaternary nitrogens is 2. The van der Waals surface area contributed by atoms with Gasteiger partial charge in [0, 0.05) is 11.1 Å². The van der Waals surface area contributed by atoms with Crippen molar-refractivity contribution in [3.8, 4) is 0 Å². The van der Waals surface area contributed by atoms with E-state index in [1.807, 2.05) is 0 Å². The van der Waals surface area contributed by atoms with Gasteiger partial charge < -0.3 is 8.97 Å². The summed E-state index contributed by atoms with van der Waals surface area (Å²) in [6.07, 6.45) is 46.3. The van der Waals surface area contributed by atoms with Gasteiger partial charge in [-0.05, 0) is 25.7 Å². The van der Waals surface area contributed by atoms with Crippen molar-refractivity contribution in [3.63, 3.8) is 0 Å². The summed E-state index contributed by atoms with van der Waals surface area (Å²) in [5.41, 5.74) is 2.92. The number of benzene rings is 2. The molecule has 12 heteroatoms. The third-order valence-electron chi connectivity index (χ3n) is 12.1. The maximum absolute atomic E-state index is 4.97. The number of hydrogen-bond acceptors (Lipinski definition) is 0. The van der Waals surface area contributed by atoms with Crippen LogP contribution in [0.2, 0.25) is 0 Å². The average Bonchev–Trinajstić information content (AvgIpc) is 3.23. The van der Waals surface area contributed by atoms with Gasteiger partial charge in [0.2, 0.25) is 0 Å². The molecule has 0 unspecified atom stereocenters. The van der Waals surface area contributed by atoms with Crippen LogP contribution in [0.4, 0.5) is 0 Å². The summed E-state index contributed by atoms with van der Waals surface area (Å²) in [7, 11) is 43.8. The predicted octanol–water partition coefficient (Wildman–Crippen LogP) is 22.6. The second-order valence-corrected chi connectivity index (χ2v) is 43.3. The van der Waals surface area contributed by atoms with Crippen molar-refractivity contribution >= 4 is 80.8 Å². The van der Waals surface area contributed by atoms with Gasteiger partial charge in [0.05, 0.1) is 41.3 Å². The van der Waals surface area contributed by atoms with Crippen LogP contribution in [0.1, 0.15) is 230 Å². The van der Waals surface area contributed by atoms with Crippen molar-refractivity contribution < 1.29 is 27.4 Å². The molecule has 0 saturated carbocycles. The first-order valence-corrected chi connectivity index (χ1v) is 39.1. The fourth-order valence-electron chi connectivity index (χ4n) is 8.49. The van der Waals surface area contributed by atoms with Gasteiger partial charge in [0.25, 0.3) is 0 Å². The molecular weight excluding hydrogens is 1070 g/mol. The number of unbranched alkanes of at least 4 members (excludes halogenated alkanes) is 30. The number of halogens is 8. The molecule has 0 aliphatic carbocycles. The standard InChI is InChI=1S/2C27H50N.8ClH.2Mn/c2*1-4-5-6-7-8-9-10-11-12-13-14-15-16-17-18-22-25-28(2,3)26-27-23-20-19-21-24-27;;;;;;;;;;/h2*19-21,23-24H,4-18,22,25-26H2,1-3H3;8*1H;;/q2*+1;;;;;;;;;2*+3/p-8. The van der Waals surface area contributed by atoms with Crippen LogP contribution in [0.3, 0.4) is 0 Å². The van der Waals surface area contributed by atoms with Gasteiger partial charge in [-0.2, -0.15) is 0 Å². The number of hydrogen-bond donors (Lipinski definition) is 0. The van der Waals surface area contributed by atoms with E-state index in [9.17, 15) is 0 Å². The van der Waals surface area contributed by atoms with Gasteiger partial charge in [-0.15, -0.1) is 0 Å². The van der Waals surface area contributed by atoms with Gasteiger partial charge in [0.15, 0.2) is 0 Å². The van der Waals surface area contributed by atoms with Crippen molar-refractivity contribution in [3.05, 3.63) is 71.8 Å². The summed E-state index contributed by atoms with van der Waals surface area (Å²) in [6, 6.07) is 21.9. The van der Waals surface area contributed by atoms with Crippen LogP contribution in [0, 0.1) is 0 Å². The Morgan fingerprint density at radius 3 is 0.636 bits per heavy atom. The molecule has 0 spiro atoms. The second-order valence-electron chi connectivity index (χ2n) is 19.9. The molecule has 0 bridgehead atoms. The zero-order chi connectivity index (χ0) is 49.7. The zero-order valence-corrected chi connectivity index (χ0v) is 51.3. The first-order valence-electron chi connectivity index (χ1n) is 26.1. The van der Waals surface area contributed by atoms with E-state index in [2.05, 4.69) is 103 Å². The van der Waals surface area contributed by atoms with Crippen molar-refractivity contribution in [1.82, 2.24) is 0 Å². The Hall–Kier alpha value is 1.72. The SMILES string of the molecule is CCCCCCCCCCCCCCCCCC[N+](C)(C)Cc1ccccc1.CCCCCCCCCCCCCCCCCC[N+](C)(C)Cc1ccccc1.[Cl][Mn-]([Cl])([Cl])[Cl].[Cl][Mn-]([Cl])([Cl])[Cl]. The monoisotopic (exact) mass is 1170 g/mol. The van der Waals surface area contributed by atoms with Crippen molar-refractivity contribution in [2.45, 2.75) is 232 Å². The summed E-state index contributed by atoms with van der Waals surface area (Å²) in [6.45, 7) is 9.50. The van der Waals surface area contributed by atoms with E-state index in [1.165, 1.54) is 230 Å². The van der Waals surface area contributed by atoms with Crippen LogP contribution < -0.4 is 0 Å². The third-order valence-corrected chi connectivity index (χ3v) is 12.1. The third kappa shape index (κ3) is 63.7. The van der Waals surface area contributed by atoms with E-state index < -0.39 is 18.4 Å². The minimum atomic E-state index is -2.74. The average molecular weight is 1170 g/mol. The summed E-state index contributed by atoms with van der Waals surface area (Å²) in [5.74, 6) is 0. The van der Waals surface area contributed by atoms with E-state index in [0.717, 1.165) is 22.1 Å². The van der Waals surface area contributed by atoms with Crippen molar-refractivity contribution in [1.29, 1.82) is 0 Å². The van der Waals surface area contributed by atoms with Crippen molar-refractivity contribution in [2.24, 2.45) is 0 Å². The van der Waals surface area contributed by atoms with Crippen molar-refractivity contribution in [2.75, 3.05) is 41.3 Å². The molecule has 0 aliphatic rings. The minimum absolute atomic E-state index is 1.11. The van der Waals surface area contributed by atoms with Gasteiger partial charge in [-0.3, -0.25) is 0 Å². The molecule has 0 aliphatic heterocycles. The fraction of sp³-hybridized carbons (Fsp3) is 0.778. The molecule has 0 N–H and O–H groups in total. The van der Waals surface area contributed by atoms with Gasteiger partial charge in [-0.1, -0.05) is 254 Å². The Kier molecular flexibility index (Phi) is 50.4. The normalized spacial score (nSPS) is 12.3.